The van der Waals surface area contributed by atoms with Gasteiger partial charge >= 0.3 is 0 Å². The highest BCUT2D eigenvalue weighted by molar-refractivity contribution is 9.10. The van der Waals surface area contributed by atoms with E-state index >= 15 is 0 Å². The molecule has 0 aliphatic rings. The lowest BCUT2D eigenvalue weighted by Gasteiger charge is -2.13. The van der Waals surface area contributed by atoms with Crippen LogP contribution in [0.25, 0.3) is 10.8 Å². The molecule has 17 heavy (non-hydrogen) atoms. The molecule has 0 bridgehead atoms. The first-order valence-corrected chi connectivity index (χ1v) is 7.76. The van der Waals surface area contributed by atoms with Crippen LogP contribution in [0.5, 0.6) is 0 Å². The Bertz CT molecular complexity index is 505. The fourth-order valence-corrected chi connectivity index (χ4v) is 3.30. The van der Waals surface area contributed by atoms with E-state index in [1.165, 1.54) is 40.1 Å². The summed E-state index contributed by atoms with van der Waals surface area (Å²) in [5, 5.41) is 2.64. The molecule has 1 atom stereocenters. The summed E-state index contributed by atoms with van der Waals surface area (Å²) in [7, 11) is 0. The molecule has 1 unspecified atom stereocenters. The van der Waals surface area contributed by atoms with Gasteiger partial charge in [0.15, 0.2) is 0 Å². The first-order valence-electron chi connectivity index (χ1n) is 6.05. The fourth-order valence-electron chi connectivity index (χ4n) is 2.10. The lowest BCUT2D eigenvalue weighted by atomic mass is 10.00. The van der Waals surface area contributed by atoms with Gasteiger partial charge in [0.2, 0.25) is 0 Å². The van der Waals surface area contributed by atoms with Gasteiger partial charge in [0, 0.05) is 9.30 Å². The maximum absolute atomic E-state index is 3.82. The van der Waals surface area contributed by atoms with E-state index in [2.05, 4.69) is 75.2 Å². The number of halogens is 2. The average molecular weight is 356 g/mol. The van der Waals surface area contributed by atoms with Crippen LogP contribution in [0.2, 0.25) is 0 Å². The highest BCUT2D eigenvalue weighted by Crippen LogP contribution is 2.36. The molecule has 2 rings (SSSR count). The number of benzene rings is 2. The SMILES string of the molecule is CCCCC(Br)c1ccc(Br)c2ccccc12. The van der Waals surface area contributed by atoms with Crippen LogP contribution in [0.15, 0.2) is 40.9 Å². The summed E-state index contributed by atoms with van der Waals surface area (Å²) in [5.74, 6) is 0. The molecule has 0 aromatic heterocycles. The van der Waals surface area contributed by atoms with Gasteiger partial charge in [-0.25, -0.2) is 0 Å². The molecule has 2 aromatic carbocycles. The van der Waals surface area contributed by atoms with Crippen molar-refractivity contribution in [3.05, 3.63) is 46.4 Å². The Morgan fingerprint density at radius 3 is 2.47 bits per heavy atom. The van der Waals surface area contributed by atoms with Gasteiger partial charge in [-0.05, 0) is 28.8 Å². The van der Waals surface area contributed by atoms with Gasteiger partial charge in [-0.1, -0.05) is 82.0 Å². The van der Waals surface area contributed by atoms with Gasteiger partial charge in [0.1, 0.15) is 0 Å². The second-order valence-electron chi connectivity index (χ2n) is 4.29. The Labute approximate surface area is 120 Å². The number of unbranched alkanes of at least 4 members (excludes halogenated alkanes) is 1. The topological polar surface area (TPSA) is 0 Å². The van der Waals surface area contributed by atoms with Gasteiger partial charge in [-0.15, -0.1) is 0 Å². The van der Waals surface area contributed by atoms with Crippen LogP contribution >= 0.6 is 31.9 Å². The monoisotopic (exact) mass is 354 g/mol. The van der Waals surface area contributed by atoms with Gasteiger partial charge in [0.05, 0.1) is 0 Å². The average Bonchev–Trinajstić information content (AvgIpc) is 2.37. The summed E-state index contributed by atoms with van der Waals surface area (Å²) >= 11 is 7.43. The molecule has 0 saturated heterocycles. The minimum atomic E-state index is 0.459. The predicted octanol–water partition coefficient (Wildman–Crippen LogP) is 6.23. The number of rotatable bonds is 4. The molecule has 90 valence electrons. The molecule has 0 aliphatic heterocycles. The third-order valence-electron chi connectivity index (χ3n) is 3.05. The minimum absolute atomic E-state index is 0.459. The molecule has 0 fully saturated rings. The van der Waals surface area contributed by atoms with E-state index in [0.717, 1.165) is 0 Å². The van der Waals surface area contributed by atoms with E-state index in [1.807, 2.05) is 0 Å². The van der Waals surface area contributed by atoms with Crippen molar-refractivity contribution in [3.8, 4) is 0 Å². The van der Waals surface area contributed by atoms with E-state index in [4.69, 9.17) is 0 Å². The molecule has 0 radical (unpaired) electrons. The summed E-state index contributed by atoms with van der Waals surface area (Å²) in [5.41, 5.74) is 1.40. The first kappa shape index (κ1) is 13.1. The molecular weight excluding hydrogens is 340 g/mol. The highest BCUT2D eigenvalue weighted by Gasteiger charge is 2.11. The summed E-state index contributed by atoms with van der Waals surface area (Å²) in [6.07, 6.45) is 3.71. The summed E-state index contributed by atoms with van der Waals surface area (Å²) < 4.78 is 1.17. The number of alkyl halides is 1. The molecule has 0 nitrogen and oxygen atoms in total. The van der Waals surface area contributed by atoms with Crippen LogP contribution < -0.4 is 0 Å². The Morgan fingerprint density at radius 1 is 1.06 bits per heavy atom. The number of fused-ring (bicyclic) bond motifs is 1. The second-order valence-corrected chi connectivity index (χ2v) is 6.25. The Balaban J connectivity index is 2.44. The molecule has 0 aliphatic carbocycles. The van der Waals surface area contributed by atoms with E-state index < -0.39 is 0 Å². The third kappa shape index (κ3) is 2.92. The zero-order valence-electron chi connectivity index (χ0n) is 9.92. The smallest absolute Gasteiger partial charge is 0.0401 e. The van der Waals surface area contributed by atoms with E-state index in [9.17, 15) is 0 Å². The zero-order valence-corrected chi connectivity index (χ0v) is 13.1. The minimum Gasteiger partial charge on any atom is -0.0839 e. The standard InChI is InChI=1S/C15H16Br2/c1-2-3-8-14(16)13-9-10-15(17)12-7-5-4-6-11(12)13/h4-7,9-10,14H,2-3,8H2,1H3. The fraction of sp³-hybridized carbons (Fsp3) is 0.333. The van der Waals surface area contributed by atoms with E-state index in [0.29, 0.717) is 4.83 Å². The lowest BCUT2D eigenvalue weighted by Crippen LogP contribution is -1.92. The third-order valence-corrected chi connectivity index (χ3v) is 4.70. The van der Waals surface area contributed by atoms with Gasteiger partial charge in [-0.3, -0.25) is 0 Å². The second kappa shape index (κ2) is 6.01. The van der Waals surface area contributed by atoms with Crippen molar-refractivity contribution in [1.82, 2.24) is 0 Å². The largest absolute Gasteiger partial charge is 0.0839 e. The van der Waals surface area contributed by atoms with Crippen molar-refractivity contribution < 1.29 is 0 Å². The van der Waals surface area contributed by atoms with Crippen molar-refractivity contribution in [1.29, 1.82) is 0 Å². The maximum Gasteiger partial charge on any atom is 0.0401 e. The Hall–Kier alpha value is -0.340. The van der Waals surface area contributed by atoms with Crippen LogP contribution in [0.1, 0.15) is 36.6 Å². The Morgan fingerprint density at radius 2 is 1.76 bits per heavy atom. The lowest BCUT2D eigenvalue weighted by molar-refractivity contribution is 0.715. The molecule has 0 saturated carbocycles. The first-order chi connectivity index (χ1) is 8.24. The number of hydrogen-bond acceptors (Lipinski definition) is 0. The van der Waals surface area contributed by atoms with Crippen LogP contribution in [0.3, 0.4) is 0 Å². The highest BCUT2D eigenvalue weighted by atomic mass is 79.9. The van der Waals surface area contributed by atoms with Crippen molar-refractivity contribution in [2.45, 2.75) is 31.0 Å². The summed E-state index contributed by atoms with van der Waals surface area (Å²) in [6.45, 7) is 2.24. The quantitative estimate of drug-likeness (QED) is 0.570. The van der Waals surface area contributed by atoms with E-state index in [-0.39, 0.29) is 0 Å². The molecule has 0 N–H and O–H groups in total. The molecule has 2 heteroatoms. The zero-order chi connectivity index (χ0) is 12.3. The summed E-state index contributed by atoms with van der Waals surface area (Å²) in [6, 6.07) is 12.9. The molecular formula is C15H16Br2. The van der Waals surface area contributed by atoms with E-state index in [1.54, 1.807) is 0 Å². The van der Waals surface area contributed by atoms with Crippen LogP contribution in [0, 0.1) is 0 Å². The normalized spacial score (nSPS) is 12.9. The van der Waals surface area contributed by atoms with Gasteiger partial charge in [0.25, 0.3) is 0 Å². The van der Waals surface area contributed by atoms with Gasteiger partial charge in [-0.2, -0.15) is 0 Å². The molecule has 0 spiro atoms. The molecule has 0 heterocycles. The summed E-state index contributed by atoms with van der Waals surface area (Å²) in [4.78, 5) is 0.459. The predicted molar refractivity (Wildman–Crippen MR) is 82.8 cm³/mol. The van der Waals surface area contributed by atoms with Crippen molar-refractivity contribution in [2.75, 3.05) is 0 Å². The van der Waals surface area contributed by atoms with Crippen LogP contribution in [-0.4, -0.2) is 0 Å². The maximum atomic E-state index is 3.82. The van der Waals surface area contributed by atoms with Crippen molar-refractivity contribution in [3.63, 3.8) is 0 Å². The number of hydrogen-bond donors (Lipinski definition) is 0. The molecule has 0 amide bonds. The Kier molecular flexibility index (Phi) is 4.63. The molecule has 2 aromatic rings. The van der Waals surface area contributed by atoms with Crippen molar-refractivity contribution in [2.24, 2.45) is 0 Å². The van der Waals surface area contributed by atoms with Gasteiger partial charge < -0.3 is 0 Å². The van der Waals surface area contributed by atoms with Crippen molar-refractivity contribution >= 4 is 42.6 Å². The van der Waals surface area contributed by atoms with Crippen LogP contribution in [-0.2, 0) is 0 Å². The van der Waals surface area contributed by atoms with Crippen LogP contribution in [0.4, 0.5) is 0 Å².